The summed E-state index contributed by atoms with van der Waals surface area (Å²) >= 11 is 3.22. The van der Waals surface area contributed by atoms with Gasteiger partial charge in [-0.3, -0.25) is 9.36 Å². The monoisotopic (exact) mass is 521 g/mol. The Bertz CT molecular complexity index is 1280. The van der Waals surface area contributed by atoms with Crippen molar-refractivity contribution < 1.29 is 28.2 Å². The topological polar surface area (TPSA) is 77.8 Å². The summed E-state index contributed by atoms with van der Waals surface area (Å²) in [5.74, 6) is -1.98. The van der Waals surface area contributed by atoms with E-state index in [1.165, 1.54) is 23.8 Å². The third-order valence-electron chi connectivity index (χ3n) is 5.05. The molecule has 0 spiro atoms. The number of hydrogen-bond acceptors (Lipinski definition) is 5. The molecule has 3 aromatic rings. The smallest absolute Gasteiger partial charge is 0.340 e. The molecule has 0 saturated carbocycles. The number of halogens is 3. The van der Waals surface area contributed by atoms with Crippen molar-refractivity contribution in [3.63, 3.8) is 0 Å². The molecule has 9 heteroatoms. The predicted molar refractivity (Wildman–Crippen MR) is 122 cm³/mol. The normalized spacial score (nSPS) is 11.4. The molecule has 33 heavy (non-hydrogen) atoms. The molecule has 0 fully saturated rings. The van der Waals surface area contributed by atoms with Crippen LogP contribution in [0.1, 0.15) is 41.0 Å². The Morgan fingerprint density at radius 2 is 1.85 bits per heavy atom. The SMILES string of the molecule is COC(=O)c1cc(C(C)(C)O)ccc1-n1c(C)cc(OCc2ccc(F)cc2F)c(Br)c1=O. The third-order valence-corrected chi connectivity index (χ3v) is 5.78. The van der Waals surface area contributed by atoms with Crippen LogP contribution < -0.4 is 10.3 Å². The van der Waals surface area contributed by atoms with E-state index in [0.29, 0.717) is 11.3 Å². The van der Waals surface area contributed by atoms with Crippen molar-refractivity contribution in [1.82, 2.24) is 4.57 Å². The zero-order valence-corrected chi connectivity index (χ0v) is 20.0. The van der Waals surface area contributed by atoms with Gasteiger partial charge in [0, 0.05) is 23.4 Å². The summed E-state index contributed by atoms with van der Waals surface area (Å²) in [6.07, 6.45) is 0. The molecule has 174 valence electrons. The Kier molecular flexibility index (Phi) is 7.04. The number of methoxy groups -OCH3 is 1. The van der Waals surface area contributed by atoms with Crippen LogP contribution in [0.25, 0.3) is 5.69 Å². The highest BCUT2D eigenvalue weighted by Gasteiger charge is 2.23. The second-order valence-corrected chi connectivity index (χ2v) is 8.70. The molecule has 0 saturated heterocycles. The van der Waals surface area contributed by atoms with Crippen LogP contribution >= 0.6 is 15.9 Å². The zero-order valence-electron chi connectivity index (χ0n) is 18.4. The molecule has 1 N–H and O–H groups in total. The number of carbonyl (C=O) groups excluding carboxylic acids is 1. The van der Waals surface area contributed by atoms with Crippen LogP contribution in [0.2, 0.25) is 0 Å². The third kappa shape index (κ3) is 5.15. The Labute approximate surface area is 197 Å². The molecule has 0 amide bonds. The standard InChI is InChI=1S/C24H22BrF2NO5/c1-13-9-20(33-12-14-5-7-16(26)11-18(14)27)21(25)22(29)28(13)19-8-6-15(24(2,3)31)10-17(19)23(30)32-4/h5-11,31H,12H2,1-4H3. The van der Waals surface area contributed by atoms with Crippen molar-refractivity contribution in [2.45, 2.75) is 33.0 Å². The van der Waals surface area contributed by atoms with Crippen molar-refractivity contribution >= 4 is 21.9 Å². The van der Waals surface area contributed by atoms with Gasteiger partial charge >= 0.3 is 5.97 Å². The van der Waals surface area contributed by atoms with Crippen LogP contribution in [0.5, 0.6) is 5.75 Å². The molecule has 0 radical (unpaired) electrons. The van der Waals surface area contributed by atoms with Gasteiger partial charge in [-0.15, -0.1) is 0 Å². The van der Waals surface area contributed by atoms with E-state index >= 15 is 0 Å². The van der Waals surface area contributed by atoms with Crippen LogP contribution in [-0.4, -0.2) is 22.8 Å². The predicted octanol–water partition coefficient (Wildman–Crippen LogP) is 4.78. The van der Waals surface area contributed by atoms with E-state index in [2.05, 4.69) is 15.9 Å². The summed E-state index contributed by atoms with van der Waals surface area (Å²) in [6, 6.07) is 9.33. The summed E-state index contributed by atoms with van der Waals surface area (Å²) in [7, 11) is 1.22. The van der Waals surface area contributed by atoms with Gasteiger partial charge in [-0.05, 0) is 66.5 Å². The number of aromatic nitrogens is 1. The van der Waals surface area contributed by atoms with E-state index in [9.17, 15) is 23.5 Å². The highest BCUT2D eigenvalue weighted by molar-refractivity contribution is 9.10. The second kappa shape index (κ2) is 9.44. The van der Waals surface area contributed by atoms with Gasteiger partial charge in [-0.1, -0.05) is 6.07 Å². The lowest BCUT2D eigenvalue weighted by Crippen LogP contribution is -2.25. The number of carbonyl (C=O) groups is 1. The maximum atomic E-state index is 13.9. The van der Waals surface area contributed by atoms with Crippen molar-refractivity contribution in [3.05, 3.63) is 91.3 Å². The summed E-state index contributed by atoms with van der Waals surface area (Å²) in [5, 5.41) is 10.3. The molecule has 3 rings (SSSR count). The lowest BCUT2D eigenvalue weighted by molar-refractivity contribution is 0.0598. The van der Waals surface area contributed by atoms with Crippen molar-refractivity contribution in [2.24, 2.45) is 0 Å². The summed E-state index contributed by atoms with van der Waals surface area (Å²) in [5.41, 5.74) is -0.358. The molecule has 0 aliphatic carbocycles. The first-order chi connectivity index (χ1) is 15.4. The van der Waals surface area contributed by atoms with Crippen molar-refractivity contribution in [1.29, 1.82) is 0 Å². The molecule has 1 aromatic heterocycles. The zero-order chi connectivity index (χ0) is 24.5. The molecule has 6 nitrogen and oxygen atoms in total. The molecule has 2 aromatic carbocycles. The number of benzene rings is 2. The van der Waals surface area contributed by atoms with E-state index < -0.39 is 28.8 Å². The Morgan fingerprint density at radius 1 is 1.15 bits per heavy atom. The van der Waals surface area contributed by atoms with E-state index in [4.69, 9.17) is 9.47 Å². The van der Waals surface area contributed by atoms with Gasteiger partial charge in [0.15, 0.2) is 0 Å². The Balaban J connectivity index is 2.06. The Hall–Kier alpha value is -3.04. The molecular weight excluding hydrogens is 500 g/mol. The lowest BCUT2D eigenvalue weighted by Gasteiger charge is -2.21. The number of aliphatic hydroxyl groups is 1. The van der Waals surface area contributed by atoms with Gasteiger partial charge in [0.05, 0.1) is 24.0 Å². The molecule has 0 unspecified atom stereocenters. The number of aryl methyl sites for hydroxylation is 1. The fourth-order valence-electron chi connectivity index (χ4n) is 3.27. The average molecular weight is 522 g/mol. The summed E-state index contributed by atoms with van der Waals surface area (Å²) in [6.45, 7) is 4.58. The first kappa shape index (κ1) is 24.6. The average Bonchev–Trinajstić information content (AvgIpc) is 2.75. The Morgan fingerprint density at radius 3 is 2.45 bits per heavy atom. The summed E-state index contributed by atoms with van der Waals surface area (Å²) in [4.78, 5) is 25.6. The van der Waals surface area contributed by atoms with Crippen molar-refractivity contribution in [3.8, 4) is 11.4 Å². The van der Waals surface area contributed by atoms with Gasteiger partial charge in [0.2, 0.25) is 0 Å². The van der Waals surface area contributed by atoms with Crippen LogP contribution in [-0.2, 0) is 16.9 Å². The minimum Gasteiger partial charge on any atom is -0.487 e. The largest absolute Gasteiger partial charge is 0.487 e. The van der Waals surface area contributed by atoms with Crippen LogP contribution in [0.15, 0.2) is 51.7 Å². The number of nitrogens with zero attached hydrogens (tertiary/aromatic N) is 1. The lowest BCUT2D eigenvalue weighted by atomic mass is 9.95. The first-order valence-corrected chi connectivity index (χ1v) is 10.7. The number of pyridine rings is 1. The molecule has 0 bridgehead atoms. The molecule has 1 heterocycles. The van der Waals surface area contributed by atoms with E-state index in [0.717, 1.165) is 12.1 Å². The molecular formula is C24H22BrF2NO5. The van der Waals surface area contributed by atoms with Crippen LogP contribution in [0.4, 0.5) is 8.78 Å². The minimum atomic E-state index is -1.21. The highest BCUT2D eigenvalue weighted by atomic mass is 79.9. The van der Waals surface area contributed by atoms with Gasteiger partial charge in [0.25, 0.3) is 5.56 Å². The number of hydrogen-bond donors (Lipinski definition) is 1. The van der Waals surface area contributed by atoms with Gasteiger partial charge in [-0.25, -0.2) is 13.6 Å². The van der Waals surface area contributed by atoms with Gasteiger partial charge in [-0.2, -0.15) is 0 Å². The quantitative estimate of drug-likeness (QED) is 0.472. The van der Waals surface area contributed by atoms with Crippen LogP contribution in [0.3, 0.4) is 0 Å². The van der Waals surface area contributed by atoms with E-state index in [1.807, 2.05) is 0 Å². The number of rotatable bonds is 6. The first-order valence-electron chi connectivity index (χ1n) is 9.88. The minimum absolute atomic E-state index is 0.0537. The summed E-state index contributed by atoms with van der Waals surface area (Å²) < 4.78 is 38.9. The number of esters is 1. The maximum Gasteiger partial charge on any atom is 0.340 e. The molecule has 0 aliphatic heterocycles. The van der Waals surface area contributed by atoms with Gasteiger partial charge < -0.3 is 14.6 Å². The molecule has 0 aliphatic rings. The van der Waals surface area contributed by atoms with E-state index in [1.54, 1.807) is 39.0 Å². The second-order valence-electron chi connectivity index (χ2n) is 7.91. The van der Waals surface area contributed by atoms with E-state index in [-0.39, 0.29) is 33.6 Å². The van der Waals surface area contributed by atoms with Crippen LogP contribution in [0, 0.1) is 18.6 Å². The van der Waals surface area contributed by atoms with Crippen molar-refractivity contribution in [2.75, 3.05) is 7.11 Å². The van der Waals surface area contributed by atoms with Gasteiger partial charge in [0.1, 0.15) is 28.5 Å². The fraction of sp³-hybridized carbons (Fsp3) is 0.250. The number of ether oxygens (including phenoxy) is 2. The molecule has 0 atom stereocenters. The highest BCUT2D eigenvalue weighted by Crippen LogP contribution is 2.29. The fourth-order valence-corrected chi connectivity index (χ4v) is 3.67. The maximum absolute atomic E-state index is 13.9.